The molecule has 0 aliphatic heterocycles. The maximum atomic E-state index is 4.35. The summed E-state index contributed by atoms with van der Waals surface area (Å²) in [4.78, 5) is 6.59. The van der Waals surface area contributed by atoms with Crippen LogP contribution in [0.2, 0.25) is 0 Å². The van der Waals surface area contributed by atoms with Crippen molar-refractivity contribution in [2.24, 2.45) is 10.9 Å². The lowest BCUT2D eigenvalue weighted by atomic mass is 10.2. The molecule has 16 heavy (non-hydrogen) atoms. The minimum atomic E-state index is 0.683. The van der Waals surface area contributed by atoms with Crippen LogP contribution in [0.4, 0.5) is 0 Å². The molecule has 0 aromatic rings. The van der Waals surface area contributed by atoms with Gasteiger partial charge in [0.15, 0.2) is 5.96 Å². The molecular formula is C13H27N3. The predicted octanol–water partition coefficient (Wildman–Crippen LogP) is 2.48. The number of hydrogen-bond acceptors (Lipinski definition) is 1. The summed E-state index contributed by atoms with van der Waals surface area (Å²) in [7, 11) is 4.00. The van der Waals surface area contributed by atoms with Crippen molar-refractivity contribution in [1.82, 2.24) is 10.2 Å². The summed E-state index contributed by atoms with van der Waals surface area (Å²) < 4.78 is 0. The number of guanidine groups is 1. The van der Waals surface area contributed by atoms with Gasteiger partial charge in [0, 0.05) is 26.7 Å². The molecule has 0 bridgehead atoms. The van der Waals surface area contributed by atoms with Gasteiger partial charge in [-0.25, -0.2) is 0 Å². The molecule has 2 atom stereocenters. The van der Waals surface area contributed by atoms with Crippen LogP contribution in [0.15, 0.2) is 4.99 Å². The van der Waals surface area contributed by atoms with Crippen molar-refractivity contribution in [3.63, 3.8) is 0 Å². The number of nitrogens with zero attached hydrogens (tertiary/aromatic N) is 2. The molecule has 1 aliphatic carbocycles. The summed E-state index contributed by atoms with van der Waals surface area (Å²) in [5.74, 6) is 1.96. The van der Waals surface area contributed by atoms with E-state index in [0.29, 0.717) is 6.04 Å². The Morgan fingerprint density at radius 1 is 1.38 bits per heavy atom. The second-order valence-electron chi connectivity index (χ2n) is 4.86. The molecule has 0 spiro atoms. The van der Waals surface area contributed by atoms with Crippen molar-refractivity contribution in [1.29, 1.82) is 0 Å². The van der Waals surface area contributed by atoms with Crippen molar-refractivity contribution >= 4 is 5.96 Å². The second kappa shape index (κ2) is 6.77. The zero-order valence-electron chi connectivity index (χ0n) is 11.3. The molecule has 3 heteroatoms. The number of rotatable bonds is 6. The molecule has 1 N–H and O–H groups in total. The first-order chi connectivity index (χ1) is 7.72. The van der Waals surface area contributed by atoms with Gasteiger partial charge in [-0.05, 0) is 25.2 Å². The first-order valence-corrected chi connectivity index (χ1v) is 6.67. The van der Waals surface area contributed by atoms with Crippen LogP contribution in [-0.2, 0) is 0 Å². The highest BCUT2D eigenvalue weighted by Crippen LogP contribution is 2.34. The van der Waals surface area contributed by atoms with Crippen molar-refractivity contribution < 1.29 is 0 Å². The van der Waals surface area contributed by atoms with E-state index in [1.165, 1.54) is 32.1 Å². The quantitative estimate of drug-likeness (QED) is 0.555. The Morgan fingerprint density at radius 2 is 2.12 bits per heavy atom. The number of hydrogen-bond donors (Lipinski definition) is 1. The Morgan fingerprint density at radius 3 is 2.69 bits per heavy atom. The molecule has 0 saturated heterocycles. The van der Waals surface area contributed by atoms with E-state index >= 15 is 0 Å². The second-order valence-corrected chi connectivity index (χ2v) is 4.86. The molecule has 94 valence electrons. The molecule has 1 aliphatic rings. The third kappa shape index (κ3) is 4.03. The Balaban J connectivity index is 2.28. The lowest BCUT2D eigenvalue weighted by molar-refractivity contribution is 0.461. The largest absolute Gasteiger partial charge is 0.353 e. The zero-order valence-corrected chi connectivity index (χ0v) is 11.3. The van der Waals surface area contributed by atoms with Gasteiger partial charge in [0.1, 0.15) is 0 Å². The molecule has 0 aromatic heterocycles. The van der Waals surface area contributed by atoms with Crippen LogP contribution in [0, 0.1) is 5.92 Å². The van der Waals surface area contributed by atoms with Crippen LogP contribution < -0.4 is 5.32 Å². The minimum Gasteiger partial charge on any atom is -0.353 e. The predicted molar refractivity (Wildman–Crippen MR) is 70.8 cm³/mol. The van der Waals surface area contributed by atoms with Crippen molar-refractivity contribution in [2.45, 2.75) is 52.0 Å². The fourth-order valence-corrected chi connectivity index (χ4v) is 2.13. The van der Waals surface area contributed by atoms with E-state index in [-0.39, 0.29) is 0 Å². The van der Waals surface area contributed by atoms with Crippen LogP contribution in [-0.4, -0.2) is 37.5 Å². The van der Waals surface area contributed by atoms with Crippen LogP contribution in [0.25, 0.3) is 0 Å². The lowest BCUT2D eigenvalue weighted by Crippen LogP contribution is -2.41. The average molecular weight is 225 g/mol. The van der Waals surface area contributed by atoms with Gasteiger partial charge in [-0.3, -0.25) is 4.99 Å². The Labute approximate surface area is 100 Å². The van der Waals surface area contributed by atoms with Gasteiger partial charge in [-0.1, -0.05) is 26.7 Å². The fourth-order valence-electron chi connectivity index (χ4n) is 2.13. The minimum absolute atomic E-state index is 0.683. The molecule has 0 amide bonds. The Hall–Kier alpha value is -0.730. The van der Waals surface area contributed by atoms with Crippen LogP contribution >= 0.6 is 0 Å². The van der Waals surface area contributed by atoms with Gasteiger partial charge >= 0.3 is 0 Å². The third-order valence-corrected chi connectivity index (χ3v) is 3.32. The smallest absolute Gasteiger partial charge is 0.193 e. The number of nitrogens with one attached hydrogen (secondary N) is 1. The first-order valence-electron chi connectivity index (χ1n) is 6.67. The molecule has 0 aromatic carbocycles. The highest BCUT2D eigenvalue weighted by molar-refractivity contribution is 5.80. The normalized spacial score (nSPS) is 24.4. The van der Waals surface area contributed by atoms with Crippen LogP contribution in [0.5, 0.6) is 0 Å². The van der Waals surface area contributed by atoms with Gasteiger partial charge in [0.2, 0.25) is 0 Å². The molecular weight excluding hydrogens is 198 g/mol. The van der Waals surface area contributed by atoms with Gasteiger partial charge < -0.3 is 10.2 Å². The van der Waals surface area contributed by atoms with E-state index in [2.05, 4.69) is 36.1 Å². The van der Waals surface area contributed by atoms with E-state index in [9.17, 15) is 0 Å². The van der Waals surface area contributed by atoms with Crippen LogP contribution in [0.1, 0.15) is 46.0 Å². The first kappa shape index (κ1) is 13.3. The zero-order chi connectivity index (χ0) is 12.0. The molecule has 1 rings (SSSR count). The van der Waals surface area contributed by atoms with Crippen molar-refractivity contribution in [2.75, 3.05) is 20.6 Å². The summed E-state index contributed by atoms with van der Waals surface area (Å²) in [5, 5.41) is 3.56. The van der Waals surface area contributed by atoms with Gasteiger partial charge in [-0.2, -0.15) is 0 Å². The molecule has 1 fully saturated rings. The summed E-state index contributed by atoms with van der Waals surface area (Å²) in [6, 6.07) is 0.683. The van der Waals surface area contributed by atoms with E-state index in [1.807, 2.05) is 7.05 Å². The summed E-state index contributed by atoms with van der Waals surface area (Å²) in [5.41, 5.74) is 0. The topological polar surface area (TPSA) is 27.6 Å². The average Bonchev–Trinajstić information content (AvgIpc) is 3.01. The number of aliphatic imine (C=N–C) groups is 1. The van der Waals surface area contributed by atoms with E-state index in [4.69, 9.17) is 0 Å². The van der Waals surface area contributed by atoms with Crippen molar-refractivity contribution in [3.8, 4) is 0 Å². The molecule has 2 unspecified atom stereocenters. The van der Waals surface area contributed by atoms with E-state index in [1.54, 1.807) is 0 Å². The van der Waals surface area contributed by atoms with E-state index in [0.717, 1.165) is 18.4 Å². The summed E-state index contributed by atoms with van der Waals surface area (Å²) in [6.07, 6.45) is 6.46. The molecule has 3 nitrogen and oxygen atoms in total. The Kier molecular flexibility index (Phi) is 5.64. The van der Waals surface area contributed by atoms with Gasteiger partial charge in [-0.15, -0.1) is 0 Å². The van der Waals surface area contributed by atoms with Gasteiger partial charge in [0.05, 0.1) is 0 Å². The van der Waals surface area contributed by atoms with Gasteiger partial charge in [0.25, 0.3) is 0 Å². The Bertz CT molecular complexity index is 225. The summed E-state index contributed by atoms with van der Waals surface area (Å²) >= 11 is 0. The lowest BCUT2D eigenvalue weighted by Gasteiger charge is -2.22. The van der Waals surface area contributed by atoms with Crippen molar-refractivity contribution in [3.05, 3.63) is 0 Å². The SMILES string of the molecule is CCCCN(C)C(=NC)NC1CC1CCC. The standard InChI is InChI=1S/C13H27N3/c1-5-7-9-16(4)13(14-3)15-12-10-11(12)8-6-2/h11-12H,5-10H2,1-4H3,(H,14,15). The molecule has 0 radical (unpaired) electrons. The molecule has 0 heterocycles. The van der Waals surface area contributed by atoms with E-state index < -0.39 is 0 Å². The monoisotopic (exact) mass is 225 g/mol. The van der Waals surface area contributed by atoms with Crippen LogP contribution in [0.3, 0.4) is 0 Å². The molecule has 1 saturated carbocycles. The maximum Gasteiger partial charge on any atom is 0.193 e. The highest BCUT2D eigenvalue weighted by Gasteiger charge is 2.36. The fraction of sp³-hybridized carbons (Fsp3) is 0.923. The third-order valence-electron chi connectivity index (χ3n) is 3.32. The highest BCUT2D eigenvalue weighted by atomic mass is 15.3. The number of unbranched alkanes of at least 4 members (excludes halogenated alkanes) is 1. The summed E-state index contributed by atoms with van der Waals surface area (Å²) in [6.45, 7) is 5.58. The maximum absolute atomic E-state index is 4.35.